The minimum absolute atomic E-state index is 0. The van der Waals surface area contributed by atoms with Crippen molar-refractivity contribution >= 4 is 20.4 Å². The van der Waals surface area contributed by atoms with E-state index in [1.165, 1.54) is 6.08 Å². The van der Waals surface area contributed by atoms with Crippen LogP contribution in [0, 0.1) is 63.6 Å². The molecular weight excluding hydrogens is 590 g/mol. The first-order valence-electron chi connectivity index (χ1n) is 8.91. The predicted octanol–water partition coefficient (Wildman–Crippen LogP) is 3.20. The molecule has 2 radical (unpaired) electrons. The van der Waals surface area contributed by atoms with E-state index >= 15 is 0 Å². The fourth-order valence-corrected chi connectivity index (χ4v) is 3.33. The average Bonchev–Trinajstić information content (AvgIpc) is 2.89. The van der Waals surface area contributed by atoms with Crippen LogP contribution in [-0.2, 0) is 75.5 Å². The zero-order chi connectivity index (χ0) is 29.6. The van der Waals surface area contributed by atoms with E-state index in [2.05, 4.69) is 97.4 Å². The molecule has 0 bridgehead atoms. The van der Waals surface area contributed by atoms with Crippen LogP contribution in [0.4, 0.5) is 0 Å². The summed E-state index contributed by atoms with van der Waals surface area (Å²) in [5, 5.41) is -0.00556. The van der Waals surface area contributed by atoms with Gasteiger partial charge in [-0.1, -0.05) is 44.6 Å². The van der Waals surface area contributed by atoms with E-state index in [1.807, 2.05) is 6.08 Å². The van der Waals surface area contributed by atoms with Crippen molar-refractivity contribution in [2.24, 2.45) is 0 Å². The Labute approximate surface area is 240 Å². The predicted molar refractivity (Wildman–Crippen MR) is 119 cm³/mol. The Balaban J connectivity index is -0.0000000877. The van der Waals surface area contributed by atoms with Gasteiger partial charge in [0.1, 0.15) is 0 Å². The minimum atomic E-state index is -2.14. The number of hydrogen-bond acceptors (Lipinski definition) is 3. The second-order valence-corrected chi connectivity index (χ2v) is 11.7. The molecule has 0 aromatic rings. The Kier molecular flexibility index (Phi) is 56.8. The van der Waals surface area contributed by atoms with E-state index < -0.39 is 13.9 Å². The van der Waals surface area contributed by atoms with Crippen LogP contribution in [0.15, 0.2) is 24.3 Å². The molecule has 0 aliphatic heterocycles. The van der Waals surface area contributed by atoms with Crippen LogP contribution in [0.5, 0.6) is 0 Å². The Bertz CT molecular complexity index is 865. The fraction of sp³-hybridized carbons (Fsp3) is 0.360. The quantitative estimate of drug-likeness (QED) is 0.154. The maximum Gasteiger partial charge on any atom is 0 e. The molecular formula is C25H24Co2O9Si. The molecule has 1 rings (SSSR count). The summed E-state index contributed by atoms with van der Waals surface area (Å²) in [7, 11) is -2.14. The van der Waals surface area contributed by atoms with Gasteiger partial charge in [-0.15, -0.1) is 0 Å². The Morgan fingerprint density at radius 3 is 1.62 bits per heavy atom. The molecule has 37 heavy (non-hydrogen) atoms. The second-order valence-electron chi connectivity index (χ2n) is 7.00. The molecule has 12 heteroatoms. The molecule has 0 fully saturated rings. The third kappa shape index (κ3) is 26.4. The molecule has 0 saturated heterocycles. The van der Waals surface area contributed by atoms with Gasteiger partial charge in [0.15, 0.2) is 26.0 Å². The first kappa shape index (κ1) is 55.2. The summed E-state index contributed by atoms with van der Waals surface area (Å²) in [5.41, 5.74) is -1.07. The maximum absolute atomic E-state index is 12.5. The summed E-state index contributed by atoms with van der Waals surface area (Å²) < 4.78 is 51.4. The normalized spacial score (nSPS) is 13.6. The molecule has 1 aliphatic carbocycles. The molecule has 1 unspecified atom stereocenters. The van der Waals surface area contributed by atoms with E-state index in [0.717, 1.165) is 6.42 Å². The van der Waals surface area contributed by atoms with Crippen molar-refractivity contribution in [2.75, 3.05) is 0 Å². The number of rotatable bonds is 2. The molecule has 0 saturated carbocycles. The van der Waals surface area contributed by atoms with Crippen LogP contribution in [-0.4, -0.2) is 26.0 Å². The van der Waals surface area contributed by atoms with Crippen molar-refractivity contribution in [3.8, 4) is 23.7 Å². The van der Waals surface area contributed by atoms with Crippen LogP contribution in [0.3, 0.4) is 0 Å². The molecule has 0 aromatic heterocycles. The SMILES string of the molecule is CC(C)(C)[Si](C)(C)OC1(C#C/C=C\C#CC=O)CCC=CC1=O.[C-]#[O+].[C-]#[O+].[C-]#[O+].[C-]#[O+].[C-]#[O+].[C-]#[O+].[Co].[Co]. The molecule has 0 aromatic carbocycles. The standard InChI is InChI=1S/C19H24O3Si.6CO.2Co/c1-18(2,3)23(4,5)22-19(15-11-9-13-17(19)21)14-10-7-6-8-12-16-20;6*1-2;;/h6-7,9,13,16H,11,15H2,1-5H3;;;;;;;;/b7-6-;;;;;;;;. The van der Waals surface area contributed by atoms with Crippen LogP contribution in [0.25, 0.3) is 0 Å². The van der Waals surface area contributed by atoms with Gasteiger partial charge in [-0.05, 0) is 55.1 Å². The molecule has 0 heterocycles. The third-order valence-electron chi connectivity index (χ3n) is 4.23. The third-order valence-corrected chi connectivity index (χ3v) is 8.70. The zero-order valence-electron chi connectivity index (χ0n) is 20.6. The van der Waals surface area contributed by atoms with Gasteiger partial charge in [0.05, 0.1) is 0 Å². The summed E-state index contributed by atoms with van der Waals surface area (Å²) in [6.07, 6.45) is 8.32. The van der Waals surface area contributed by atoms with Gasteiger partial charge in [-0.3, -0.25) is 9.59 Å². The summed E-state index contributed by atoms with van der Waals surface area (Å²) in [6, 6.07) is 0. The number of allylic oxidation sites excluding steroid dienone is 3. The van der Waals surface area contributed by atoms with E-state index in [-0.39, 0.29) is 44.4 Å². The summed E-state index contributed by atoms with van der Waals surface area (Å²) in [6.45, 7) is 37.6. The van der Waals surface area contributed by atoms with Gasteiger partial charge >= 0.3 is 67.8 Å². The van der Waals surface area contributed by atoms with Crippen molar-refractivity contribution in [1.29, 1.82) is 0 Å². The molecule has 1 atom stereocenters. The van der Waals surface area contributed by atoms with Gasteiger partial charge < -0.3 is 4.43 Å². The van der Waals surface area contributed by atoms with Crippen LogP contribution >= 0.6 is 0 Å². The van der Waals surface area contributed by atoms with Crippen molar-refractivity contribution < 1.29 is 75.5 Å². The molecule has 9 nitrogen and oxygen atoms in total. The maximum atomic E-state index is 12.5. The first-order valence-corrected chi connectivity index (χ1v) is 11.8. The molecule has 0 N–H and O–H groups in total. The Hall–Kier alpha value is -2.43. The first-order chi connectivity index (χ1) is 16.6. The van der Waals surface area contributed by atoms with Gasteiger partial charge in [0.2, 0.25) is 0 Å². The van der Waals surface area contributed by atoms with E-state index in [4.69, 9.17) is 32.3 Å². The Morgan fingerprint density at radius 1 is 0.865 bits per heavy atom. The number of hydrogen-bond donors (Lipinski definition) is 0. The van der Waals surface area contributed by atoms with Crippen LogP contribution in [0.1, 0.15) is 33.6 Å². The number of carbonyl (C=O) groups is 2. The van der Waals surface area contributed by atoms with E-state index in [1.54, 1.807) is 12.2 Å². The molecule has 200 valence electrons. The average molecular weight is 614 g/mol. The van der Waals surface area contributed by atoms with Gasteiger partial charge in [-0.25, -0.2) is 0 Å². The van der Waals surface area contributed by atoms with Gasteiger partial charge in [0.25, 0.3) is 0 Å². The molecule has 0 spiro atoms. The van der Waals surface area contributed by atoms with E-state index in [9.17, 15) is 9.59 Å². The largest absolute Gasteiger partial charge is 0 e. The number of ketones is 1. The number of aldehydes is 1. The zero-order valence-corrected chi connectivity index (χ0v) is 23.7. The van der Waals surface area contributed by atoms with Crippen molar-refractivity contribution in [2.45, 2.75) is 57.3 Å². The minimum Gasteiger partial charge on any atom is 0 e. The van der Waals surface area contributed by atoms with E-state index in [0.29, 0.717) is 12.7 Å². The summed E-state index contributed by atoms with van der Waals surface area (Å²) in [4.78, 5) is 22.6. The van der Waals surface area contributed by atoms with Gasteiger partial charge in [0, 0.05) is 33.6 Å². The monoisotopic (exact) mass is 614 g/mol. The molecule has 1 aliphatic rings. The van der Waals surface area contributed by atoms with Crippen molar-refractivity contribution in [1.82, 2.24) is 0 Å². The number of carbonyl (C=O) groups excluding carboxylic acids is 2. The fourth-order valence-electron chi connectivity index (χ4n) is 1.90. The summed E-state index contributed by atoms with van der Waals surface area (Å²) in [5.74, 6) is 10.6. The summed E-state index contributed by atoms with van der Waals surface area (Å²) >= 11 is 0. The van der Waals surface area contributed by atoms with Gasteiger partial charge in [-0.2, -0.15) is 0 Å². The van der Waals surface area contributed by atoms with Crippen molar-refractivity contribution in [3.63, 3.8) is 0 Å². The van der Waals surface area contributed by atoms with Crippen LogP contribution in [0.2, 0.25) is 18.1 Å². The van der Waals surface area contributed by atoms with Crippen LogP contribution < -0.4 is 0 Å². The topological polar surface area (TPSA) is 163 Å². The molecule has 0 amide bonds. The second kappa shape index (κ2) is 38.1. The van der Waals surface area contributed by atoms with Crippen molar-refractivity contribution in [3.05, 3.63) is 64.2 Å². The Morgan fingerprint density at radius 2 is 1.27 bits per heavy atom. The smallest absolute Gasteiger partial charge is 0 e.